The summed E-state index contributed by atoms with van der Waals surface area (Å²) in [6.07, 6.45) is 4.16. The maximum atomic E-state index is 12.2. The first-order valence-corrected chi connectivity index (χ1v) is 7.29. The Bertz CT molecular complexity index is 781. The molecule has 0 spiro atoms. The fraction of sp³-hybridized carbons (Fsp3) is 0.250. The van der Waals surface area contributed by atoms with Crippen molar-refractivity contribution in [2.24, 2.45) is 7.05 Å². The molecule has 0 aliphatic carbocycles. The van der Waals surface area contributed by atoms with E-state index in [9.17, 15) is 9.59 Å². The third-order valence-electron chi connectivity index (χ3n) is 3.71. The van der Waals surface area contributed by atoms with Gasteiger partial charge < -0.3 is 10.2 Å². The number of carbonyl (C=O) groups excluding carboxylic acids is 2. The minimum absolute atomic E-state index is 0.0174. The standard InChI is InChI=1S/C16H17N5O2/c1-3-16(23)21(10-12-9-20(2)19-18-12)13-5-6-14-11(8-13)4-7-15(22)17-14/h3,5-6,8-9H,1,4,7,10H2,2H3,(H,17,22). The largest absolute Gasteiger partial charge is 0.326 e. The molecule has 3 rings (SSSR count). The van der Waals surface area contributed by atoms with Crippen LogP contribution in [0, 0.1) is 0 Å². The molecule has 1 N–H and O–H groups in total. The number of nitrogens with one attached hydrogen (secondary N) is 1. The lowest BCUT2D eigenvalue weighted by molar-refractivity contribution is -0.116. The number of amides is 2. The van der Waals surface area contributed by atoms with Crippen molar-refractivity contribution in [1.82, 2.24) is 15.0 Å². The molecule has 7 nitrogen and oxygen atoms in total. The zero-order valence-corrected chi connectivity index (χ0v) is 12.8. The highest BCUT2D eigenvalue weighted by Crippen LogP contribution is 2.28. The van der Waals surface area contributed by atoms with E-state index in [1.54, 1.807) is 22.8 Å². The fourth-order valence-electron chi connectivity index (χ4n) is 2.57. The molecule has 118 valence electrons. The predicted octanol–water partition coefficient (Wildman–Crippen LogP) is 1.42. The molecular formula is C16H17N5O2. The zero-order valence-electron chi connectivity index (χ0n) is 12.8. The molecule has 2 amide bonds. The van der Waals surface area contributed by atoms with Crippen LogP contribution in [0.2, 0.25) is 0 Å². The second-order valence-corrected chi connectivity index (χ2v) is 5.40. The van der Waals surface area contributed by atoms with Crippen LogP contribution < -0.4 is 10.2 Å². The van der Waals surface area contributed by atoms with E-state index in [0.29, 0.717) is 25.1 Å². The first-order chi connectivity index (χ1) is 11.1. The van der Waals surface area contributed by atoms with Crippen molar-refractivity contribution in [2.45, 2.75) is 19.4 Å². The highest BCUT2D eigenvalue weighted by atomic mass is 16.2. The Morgan fingerprint density at radius 1 is 1.48 bits per heavy atom. The molecule has 2 aromatic rings. The van der Waals surface area contributed by atoms with Crippen molar-refractivity contribution in [3.05, 3.63) is 48.3 Å². The van der Waals surface area contributed by atoms with E-state index >= 15 is 0 Å². The summed E-state index contributed by atoms with van der Waals surface area (Å²) in [5, 5.41) is 10.7. The summed E-state index contributed by atoms with van der Waals surface area (Å²) >= 11 is 0. The van der Waals surface area contributed by atoms with E-state index in [1.165, 1.54) is 6.08 Å². The lowest BCUT2D eigenvalue weighted by Gasteiger charge is -2.23. The molecule has 1 aromatic carbocycles. The summed E-state index contributed by atoms with van der Waals surface area (Å²) in [5.41, 5.74) is 3.25. The zero-order chi connectivity index (χ0) is 16.4. The number of nitrogens with zero attached hydrogens (tertiary/aromatic N) is 4. The second-order valence-electron chi connectivity index (χ2n) is 5.40. The number of benzene rings is 1. The second kappa shape index (κ2) is 6.04. The maximum Gasteiger partial charge on any atom is 0.250 e. The van der Waals surface area contributed by atoms with Crippen LogP contribution in [0.25, 0.3) is 0 Å². The van der Waals surface area contributed by atoms with Gasteiger partial charge in [0.25, 0.3) is 5.91 Å². The Kier molecular flexibility index (Phi) is 3.92. The Labute approximate surface area is 133 Å². The topological polar surface area (TPSA) is 80.1 Å². The minimum Gasteiger partial charge on any atom is -0.326 e. The van der Waals surface area contributed by atoms with Crippen molar-refractivity contribution in [1.29, 1.82) is 0 Å². The molecule has 7 heteroatoms. The lowest BCUT2D eigenvalue weighted by Crippen LogP contribution is -2.29. The Morgan fingerprint density at radius 3 is 3.00 bits per heavy atom. The van der Waals surface area contributed by atoms with E-state index in [4.69, 9.17) is 0 Å². The highest BCUT2D eigenvalue weighted by molar-refractivity contribution is 6.01. The molecular weight excluding hydrogens is 294 g/mol. The predicted molar refractivity (Wildman–Crippen MR) is 85.8 cm³/mol. The van der Waals surface area contributed by atoms with Gasteiger partial charge in [-0.3, -0.25) is 14.3 Å². The van der Waals surface area contributed by atoms with Gasteiger partial charge in [0.2, 0.25) is 5.91 Å². The maximum absolute atomic E-state index is 12.2. The van der Waals surface area contributed by atoms with Crippen molar-refractivity contribution in [3.63, 3.8) is 0 Å². The van der Waals surface area contributed by atoms with E-state index in [1.807, 2.05) is 18.2 Å². The van der Waals surface area contributed by atoms with Gasteiger partial charge in [0.15, 0.2) is 0 Å². The highest BCUT2D eigenvalue weighted by Gasteiger charge is 2.19. The molecule has 0 fully saturated rings. The molecule has 1 aliphatic heterocycles. The summed E-state index contributed by atoms with van der Waals surface area (Å²) in [7, 11) is 1.78. The van der Waals surface area contributed by atoms with Crippen molar-refractivity contribution in [3.8, 4) is 0 Å². The third kappa shape index (κ3) is 3.13. The number of rotatable bonds is 4. The number of aromatic nitrogens is 3. The molecule has 2 heterocycles. The molecule has 1 aromatic heterocycles. The van der Waals surface area contributed by atoms with Gasteiger partial charge >= 0.3 is 0 Å². The average molecular weight is 311 g/mol. The van der Waals surface area contributed by atoms with Crippen LogP contribution in [-0.2, 0) is 29.6 Å². The molecule has 23 heavy (non-hydrogen) atoms. The van der Waals surface area contributed by atoms with Crippen molar-refractivity contribution < 1.29 is 9.59 Å². The Morgan fingerprint density at radius 2 is 2.30 bits per heavy atom. The number of aryl methyl sites for hydroxylation is 2. The van der Waals surface area contributed by atoms with Crippen LogP contribution in [0.3, 0.4) is 0 Å². The van der Waals surface area contributed by atoms with Crippen LogP contribution in [0.1, 0.15) is 17.7 Å². The minimum atomic E-state index is -0.213. The first-order valence-electron chi connectivity index (χ1n) is 7.29. The molecule has 1 aliphatic rings. The van der Waals surface area contributed by atoms with Crippen LogP contribution in [0.15, 0.2) is 37.1 Å². The van der Waals surface area contributed by atoms with Crippen molar-refractivity contribution in [2.75, 3.05) is 10.2 Å². The molecule has 0 atom stereocenters. The van der Waals surface area contributed by atoms with Gasteiger partial charge in [-0.05, 0) is 36.3 Å². The Balaban J connectivity index is 1.92. The van der Waals surface area contributed by atoms with Crippen molar-refractivity contribution >= 4 is 23.2 Å². The first kappa shape index (κ1) is 15.0. The van der Waals surface area contributed by atoms with E-state index in [2.05, 4.69) is 22.2 Å². The van der Waals surface area contributed by atoms with Crippen LogP contribution >= 0.6 is 0 Å². The quantitative estimate of drug-likeness (QED) is 0.866. The van der Waals surface area contributed by atoms with E-state index < -0.39 is 0 Å². The van der Waals surface area contributed by atoms with Gasteiger partial charge in [-0.15, -0.1) is 5.10 Å². The van der Waals surface area contributed by atoms with Gasteiger partial charge in [-0.25, -0.2) is 0 Å². The molecule has 0 radical (unpaired) electrons. The van der Waals surface area contributed by atoms with Gasteiger partial charge in [-0.2, -0.15) is 0 Å². The summed E-state index contributed by atoms with van der Waals surface area (Å²) in [4.78, 5) is 25.3. The van der Waals surface area contributed by atoms with Crippen LogP contribution in [-0.4, -0.2) is 26.8 Å². The third-order valence-corrected chi connectivity index (χ3v) is 3.71. The summed E-state index contributed by atoms with van der Waals surface area (Å²) in [6.45, 7) is 3.87. The number of carbonyl (C=O) groups is 2. The van der Waals surface area contributed by atoms with Gasteiger partial charge in [-0.1, -0.05) is 11.8 Å². The van der Waals surface area contributed by atoms with Gasteiger partial charge in [0.1, 0.15) is 5.69 Å². The molecule has 0 unspecified atom stereocenters. The lowest BCUT2D eigenvalue weighted by atomic mass is 10.0. The van der Waals surface area contributed by atoms with Gasteiger partial charge in [0.05, 0.1) is 6.54 Å². The SMILES string of the molecule is C=CC(=O)N(Cc1cn(C)nn1)c1ccc2c(c1)CCC(=O)N2. The van der Waals surface area contributed by atoms with Gasteiger partial charge in [0, 0.05) is 31.0 Å². The Hall–Kier alpha value is -2.96. The van der Waals surface area contributed by atoms with E-state index in [-0.39, 0.29) is 11.8 Å². The van der Waals surface area contributed by atoms with Crippen LogP contribution in [0.5, 0.6) is 0 Å². The monoisotopic (exact) mass is 311 g/mol. The normalized spacial score (nSPS) is 13.2. The number of hydrogen-bond acceptors (Lipinski definition) is 4. The average Bonchev–Trinajstić information content (AvgIpc) is 2.96. The number of anilines is 2. The number of hydrogen-bond donors (Lipinski definition) is 1. The molecule has 0 bridgehead atoms. The fourth-order valence-corrected chi connectivity index (χ4v) is 2.57. The molecule has 0 saturated heterocycles. The summed E-state index contributed by atoms with van der Waals surface area (Å²) < 4.78 is 1.59. The summed E-state index contributed by atoms with van der Waals surface area (Å²) in [5.74, 6) is -0.195. The summed E-state index contributed by atoms with van der Waals surface area (Å²) in [6, 6.07) is 5.55. The number of fused-ring (bicyclic) bond motifs is 1. The smallest absolute Gasteiger partial charge is 0.250 e. The van der Waals surface area contributed by atoms with E-state index in [0.717, 1.165) is 16.9 Å². The van der Waals surface area contributed by atoms with Crippen LogP contribution in [0.4, 0.5) is 11.4 Å². The molecule has 0 saturated carbocycles.